The number of halogens is 2. The number of carboxylic acid groups (broad SMARTS) is 1. The zero-order valence-electron chi connectivity index (χ0n) is 17.0. The van der Waals surface area contributed by atoms with Crippen LogP contribution in [-0.2, 0) is 30.7 Å². The monoisotopic (exact) mass is 404 g/mol. The molecule has 0 spiro atoms. The van der Waals surface area contributed by atoms with E-state index in [0.29, 0.717) is 35.3 Å². The lowest BCUT2D eigenvalue weighted by Crippen LogP contribution is -2.25. The second-order valence-electron chi connectivity index (χ2n) is 8.04. The molecule has 29 heavy (non-hydrogen) atoms. The van der Waals surface area contributed by atoms with Gasteiger partial charge in [-0.05, 0) is 56.0 Å². The van der Waals surface area contributed by atoms with Crippen molar-refractivity contribution in [3.05, 3.63) is 58.2 Å². The van der Waals surface area contributed by atoms with Crippen LogP contribution in [0.5, 0.6) is 11.5 Å². The predicted molar refractivity (Wildman–Crippen MR) is 105 cm³/mol. The number of carboxylic acids is 1. The highest BCUT2D eigenvalue weighted by Gasteiger charge is 2.32. The molecule has 2 aromatic carbocycles. The summed E-state index contributed by atoms with van der Waals surface area (Å²) in [4.78, 5) is 10.9. The zero-order chi connectivity index (χ0) is 21.2. The van der Waals surface area contributed by atoms with Gasteiger partial charge in [0, 0.05) is 24.0 Å². The lowest BCUT2D eigenvalue weighted by Gasteiger charge is -2.19. The van der Waals surface area contributed by atoms with Crippen molar-refractivity contribution < 1.29 is 28.2 Å². The van der Waals surface area contributed by atoms with Gasteiger partial charge in [-0.25, -0.2) is 8.78 Å². The van der Waals surface area contributed by atoms with Gasteiger partial charge in [0.05, 0.1) is 0 Å². The molecule has 156 valence electrons. The fourth-order valence-corrected chi connectivity index (χ4v) is 3.76. The van der Waals surface area contributed by atoms with Crippen LogP contribution in [0.25, 0.3) is 0 Å². The Morgan fingerprint density at radius 2 is 1.97 bits per heavy atom. The number of carbonyl (C=O) groups is 1. The Morgan fingerprint density at radius 3 is 2.66 bits per heavy atom. The van der Waals surface area contributed by atoms with Gasteiger partial charge in [-0.15, -0.1) is 0 Å². The largest absolute Gasteiger partial charge is 0.487 e. The van der Waals surface area contributed by atoms with Crippen molar-refractivity contribution in [3.8, 4) is 11.5 Å². The van der Waals surface area contributed by atoms with Crippen LogP contribution >= 0.6 is 0 Å². The fourth-order valence-electron chi connectivity index (χ4n) is 3.76. The van der Waals surface area contributed by atoms with E-state index in [9.17, 15) is 9.18 Å². The van der Waals surface area contributed by atoms with Gasteiger partial charge >= 0.3 is 5.97 Å². The van der Waals surface area contributed by atoms with E-state index < -0.39 is 17.4 Å². The second kappa shape index (κ2) is 8.39. The van der Waals surface area contributed by atoms with Crippen molar-refractivity contribution >= 4 is 5.97 Å². The second-order valence-corrected chi connectivity index (χ2v) is 8.04. The maximum absolute atomic E-state index is 15.0. The summed E-state index contributed by atoms with van der Waals surface area (Å²) in [5, 5.41) is 8.90. The highest BCUT2D eigenvalue weighted by atomic mass is 19.1. The molecule has 0 aliphatic carbocycles. The fraction of sp³-hybridized carbons (Fsp3) is 0.435. The molecule has 1 aliphatic heterocycles. The summed E-state index contributed by atoms with van der Waals surface area (Å²) in [6, 6.07) is 6.04. The summed E-state index contributed by atoms with van der Waals surface area (Å²) in [5.41, 5.74) is 2.06. The average molecular weight is 404 g/mol. The SMILES string of the molecule is CCCc1c(CCC(=O)O)ccc(OCc2cc(F)cc3c2OC(C)(C)C3)c1F. The van der Waals surface area contributed by atoms with E-state index >= 15 is 4.39 Å². The van der Waals surface area contributed by atoms with Crippen molar-refractivity contribution in [1.82, 2.24) is 0 Å². The highest BCUT2D eigenvalue weighted by Crippen LogP contribution is 2.39. The lowest BCUT2D eigenvalue weighted by atomic mass is 9.98. The average Bonchev–Trinajstić information content (AvgIpc) is 2.95. The van der Waals surface area contributed by atoms with Crippen LogP contribution in [-0.4, -0.2) is 16.7 Å². The molecule has 1 heterocycles. The quantitative estimate of drug-likeness (QED) is 0.655. The lowest BCUT2D eigenvalue weighted by molar-refractivity contribution is -0.136. The molecule has 6 heteroatoms. The summed E-state index contributed by atoms with van der Waals surface area (Å²) < 4.78 is 40.7. The Kier molecular flexibility index (Phi) is 6.10. The predicted octanol–water partition coefficient (Wildman–Crippen LogP) is 5.23. The maximum Gasteiger partial charge on any atom is 0.303 e. The topological polar surface area (TPSA) is 55.8 Å². The van der Waals surface area contributed by atoms with E-state index in [1.807, 2.05) is 20.8 Å². The molecule has 0 saturated carbocycles. The summed E-state index contributed by atoms with van der Waals surface area (Å²) in [6.45, 7) is 5.78. The molecule has 3 rings (SSSR count). The van der Waals surface area contributed by atoms with Crippen molar-refractivity contribution in [2.75, 3.05) is 0 Å². The summed E-state index contributed by atoms with van der Waals surface area (Å²) in [6.07, 6.45) is 2.02. The van der Waals surface area contributed by atoms with Gasteiger partial charge in [-0.2, -0.15) is 0 Å². The maximum atomic E-state index is 15.0. The molecular formula is C23H26F2O4. The molecule has 1 aliphatic rings. The van der Waals surface area contributed by atoms with Gasteiger partial charge in [-0.3, -0.25) is 4.79 Å². The third-order valence-corrected chi connectivity index (χ3v) is 5.00. The standard InChI is InChI=1S/C23H26F2O4/c1-4-5-18-14(7-9-20(26)27)6-8-19(21(18)25)28-13-16-11-17(24)10-15-12-23(2,3)29-22(15)16/h6,8,10-11H,4-5,7,9,12-13H2,1-3H3,(H,26,27). The van der Waals surface area contributed by atoms with Crippen LogP contribution < -0.4 is 9.47 Å². The Morgan fingerprint density at radius 1 is 1.21 bits per heavy atom. The van der Waals surface area contributed by atoms with Crippen molar-refractivity contribution in [2.24, 2.45) is 0 Å². The molecule has 0 unspecified atom stereocenters. The van der Waals surface area contributed by atoms with Crippen molar-refractivity contribution in [3.63, 3.8) is 0 Å². The molecular weight excluding hydrogens is 378 g/mol. The van der Waals surface area contributed by atoms with Gasteiger partial charge in [0.15, 0.2) is 11.6 Å². The molecule has 2 aromatic rings. The first-order valence-electron chi connectivity index (χ1n) is 9.85. The smallest absolute Gasteiger partial charge is 0.303 e. The Balaban J connectivity index is 1.83. The van der Waals surface area contributed by atoms with Gasteiger partial charge in [0.25, 0.3) is 0 Å². The summed E-state index contributed by atoms with van der Waals surface area (Å²) in [5.74, 6) is -1.11. The van der Waals surface area contributed by atoms with Gasteiger partial charge in [0.2, 0.25) is 0 Å². The van der Waals surface area contributed by atoms with Crippen LogP contribution in [0.3, 0.4) is 0 Å². The van der Waals surface area contributed by atoms with Crippen molar-refractivity contribution in [1.29, 1.82) is 0 Å². The van der Waals surface area contributed by atoms with E-state index in [2.05, 4.69) is 0 Å². The highest BCUT2D eigenvalue weighted by molar-refractivity contribution is 5.67. The number of aliphatic carboxylic acids is 1. The Labute approximate surface area is 169 Å². The molecule has 0 fully saturated rings. The molecule has 0 atom stereocenters. The van der Waals surface area contributed by atoms with Crippen molar-refractivity contribution in [2.45, 2.75) is 65.1 Å². The van der Waals surface area contributed by atoms with E-state index in [-0.39, 0.29) is 31.0 Å². The minimum atomic E-state index is -0.920. The third kappa shape index (κ3) is 4.86. The molecule has 0 saturated heterocycles. The number of ether oxygens (including phenoxy) is 2. The number of hydrogen-bond donors (Lipinski definition) is 1. The van der Waals surface area contributed by atoms with Crippen LogP contribution in [0.2, 0.25) is 0 Å². The molecule has 0 aromatic heterocycles. The Hall–Kier alpha value is -2.63. The van der Waals surface area contributed by atoms with Crippen LogP contribution in [0, 0.1) is 11.6 Å². The van der Waals surface area contributed by atoms with Crippen LogP contribution in [0.1, 0.15) is 55.9 Å². The first-order valence-corrected chi connectivity index (χ1v) is 9.85. The van der Waals surface area contributed by atoms with Crippen LogP contribution in [0.15, 0.2) is 24.3 Å². The number of aryl methyl sites for hydroxylation is 1. The summed E-state index contributed by atoms with van der Waals surface area (Å²) in [7, 11) is 0. The summed E-state index contributed by atoms with van der Waals surface area (Å²) >= 11 is 0. The number of rotatable bonds is 8. The van der Waals surface area contributed by atoms with E-state index in [4.69, 9.17) is 14.6 Å². The minimum absolute atomic E-state index is 0.0207. The first-order chi connectivity index (χ1) is 13.7. The Bertz CT molecular complexity index is 922. The van der Waals surface area contributed by atoms with Gasteiger partial charge in [0.1, 0.15) is 23.8 Å². The molecule has 0 radical (unpaired) electrons. The number of hydrogen-bond acceptors (Lipinski definition) is 3. The zero-order valence-corrected chi connectivity index (χ0v) is 17.0. The van der Waals surface area contributed by atoms with Gasteiger partial charge < -0.3 is 14.6 Å². The van der Waals surface area contributed by atoms with E-state index in [1.165, 1.54) is 18.2 Å². The molecule has 0 amide bonds. The minimum Gasteiger partial charge on any atom is -0.487 e. The van der Waals surface area contributed by atoms with Crippen LogP contribution in [0.4, 0.5) is 8.78 Å². The molecule has 4 nitrogen and oxygen atoms in total. The number of fused-ring (bicyclic) bond motifs is 1. The third-order valence-electron chi connectivity index (χ3n) is 5.00. The number of benzene rings is 2. The van der Waals surface area contributed by atoms with E-state index in [0.717, 1.165) is 12.0 Å². The normalized spacial score (nSPS) is 14.4. The van der Waals surface area contributed by atoms with E-state index in [1.54, 1.807) is 6.07 Å². The molecule has 0 bridgehead atoms. The molecule has 1 N–H and O–H groups in total. The first kappa shape index (κ1) is 21.1. The van der Waals surface area contributed by atoms with Gasteiger partial charge in [-0.1, -0.05) is 19.4 Å².